The average Bonchev–Trinajstić information content (AvgIpc) is 2.78. The fraction of sp³-hybridized carbons (Fsp3) is 0.500. The molecule has 1 N–H and O–H groups in total. The van der Waals surface area contributed by atoms with E-state index in [0.717, 1.165) is 41.4 Å². The highest BCUT2D eigenvalue weighted by Gasteiger charge is 2.25. The number of carbonyl (C=O) groups is 1. The third kappa shape index (κ3) is 6.76. The lowest BCUT2D eigenvalue weighted by molar-refractivity contribution is 0.0325. The summed E-state index contributed by atoms with van der Waals surface area (Å²) in [4.78, 5) is 19.9. The van der Waals surface area contributed by atoms with E-state index >= 15 is 0 Å². The number of hydrogen-bond acceptors (Lipinski definition) is 5. The summed E-state index contributed by atoms with van der Waals surface area (Å²) in [5.74, 6) is 0.330. The fourth-order valence-corrected chi connectivity index (χ4v) is 4.80. The molecule has 1 fully saturated rings. The number of halogens is 1. The maximum absolute atomic E-state index is 13.4. The van der Waals surface area contributed by atoms with Crippen molar-refractivity contribution in [2.75, 3.05) is 19.9 Å². The number of ether oxygens (including phenoxy) is 1. The SMILES string of the molecule is CCSc1nc(CN(C)C2CCCC(OC)C2)ccc1C(=O)NCc1cccc(F)c1. The lowest BCUT2D eigenvalue weighted by Crippen LogP contribution is -2.38. The maximum Gasteiger partial charge on any atom is 0.254 e. The summed E-state index contributed by atoms with van der Waals surface area (Å²) in [5.41, 5.74) is 2.25. The van der Waals surface area contributed by atoms with E-state index in [1.165, 1.54) is 25.0 Å². The first-order valence-electron chi connectivity index (χ1n) is 10.9. The number of pyridine rings is 1. The molecule has 7 heteroatoms. The molecule has 0 saturated heterocycles. The molecule has 1 aliphatic carbocycles. The molecule has 1 amide bonds. The van der Waals surface area contributed by atoms with Gasteiger partial charge in [-0.3, -0.25) is 9.69 Å². The molecule has 2 aromatic rings. The van der Waals surface area contributed by atoms with Crippen molar-refractivity contribution in [1.82, 2.24) is 15.2 Å². The second-order valence-electron chi connectivity index (χ2n) is 7.99. The summed E-state index contributed by atoms with van der Waals surface area (Å²) in [6, 6.07) is 10.5. The molecule has 0 bridgehead atoms. The molecule has 1 aliphatic rings. The Hall–Kier alpha value is -1.96. The molecule has 0 spiro atoms. The highest BCUT2D eigenvalue weighted by molar-refractivity contribution is 7.99. The summed E-state index contributed by atoms with van der Waals surface area (Å²) in [7, 11) is 3.93. The number of methoxy groups -OCH3 is 1. The van der Waals surface area contributed by atoms with Crippen LogP contribution < -0.4 is 5.32 Å². The van der Waals surface area contributed by atoms with E-state index in [9.17, 15) is 9.18 Å². The molecule has 1 heterocycles. The zero-order valence-corrected chi connectivity index (χ0v) is 19.4. The van der Waals surface area contributed by atoms with Crippen LogP contribution in [0.3, 0.4) is 0 Å². The van der Waals surface area contributed by atoms with Gasteiger partial charge in [0.25, 0.3) is 5.91 Å². The minimum atomic E-state index is -0.307. The van der Waals surface area contributed by atoms with Crippen LogP contribution in [0, 0.1) is 5.82 Å². The number of nitrogens with zero attached hydrogens (tertiary/aromatic N) is 2. The van der Waals surface area contributed by atoms with Crippen LogP contribution >= 0.6 is 11.8 Å². The van der Waals surface area contributed by atoms with Crippen LogP contribution in [0.5, 0.6) is 0 Å². The van der Waals surface area contributed by atoms with Crippen molar-refractivity contribution < 1.29 is 13.9 Å². The third-order valence-electron chi connectivity index (χ3n) is 5.75. The summed E-state index contributed by atoms with van der Waals surface area (Å²) in [6.45, 7) is 3.07. The van der Waals surface area contributed by atoms with Gasteiger partial charge in [0.1, 0.15) is 10.8 Å². The molecule has 2 atom stereocenters. The predicted molar refractivity (Wildman–Crippen MR) is 123 cm³/mol. The summed E-state index contributed by atoms with van der Waals surface area (Å²) in [5, 5.41) is 3.62. The van der Waals surface area contributed by atoms with Crippen molar-refractivity contribution in [3.63, 3.8) is 0 Å². The van der Waals surface area contributed by atoms with Crippen LogP contribution in [0.4, 0.5) is 4.39 Å². The van der Waals surface area contributed by atoms with Crippen molar-refractivity contribution >= 4 is 17.7 Å². The summed E-state index contributed by atoms with van der Waals surface area (Å²) in [6.07, 6.45) is 4.87. The predicted octanol–water partition coefficient (Wildman–Crippen LogP) is 4.65. The highest BCUT2D eigenvalue weighted by Crippen LogP contribution is 2.26. The molecule has 1 saturated carbocycles. The molecule has 5 nitrogen and oxygen atoms in total. The topological polar surface area (TPSA) is 54.5 Å². The van der Waals surface area contributed by atoms with Gasteiger partial charge in [-0.1, -0.05) is 19.1 Å². The van der Waals surface area contributed by atoms with E-state index in [2.05, 4.69) is 17.3 Å². The third-order valence-corrected chi connectivity index (χ3v) is 6.63. The number of hydrogen-bond donors (Lipinski definition) is 1. The van der Waals surface area contributed by atoms with Crippen LogP contribution in [0.1, 0.15) is 54.2 Å². The Kier molecular flexibility index (Phi) is 8.87. The lowest BCUT2D eigenvalue weighted by Gasteiger charge is -2.34. The van der Waals surface area contributed by atoms with Crippen molar-refractivity contribution in [1.29, 1.82) is 0 Å². The van der Waals surface area contributed by atoms with Crippen LogP contribution in [0.15, 0.2) is 41.4 Å². The van der Waals surface area contributed by atoms with E-state index in [1.807, 2.05) is 19.1 Å². The Morgan fingerprint density at radius 1 is 1.32 bits per heavy atom. The molecular weight excluding hydrogens is 413 g/mol. The van der Waals surface area contributed by atoms with Gasteiger partial charge in [-0.15, -0.1) is 11.8 Å². The fourth-order valence-electron chi connectivity index (χ4n) is 4.03. The minimum absolute atomic E-state index is 0.192. The first-order valence-corrected chi connectivity index (χ1v) is 11.9. The first-order chi connectivity index (χ1) is 15.0. The van der Waals surface area contributed by atoms with Gasteiger partial charge >= 0.3 is 0 Å². The molecule has 2 unspecified atom stereocenters. The van der Waals surface area contributed by atoms with Gasteiger partial charge in [-0.05, 0) is 68.3 Å². The number of aromatic nitrogens is 1. The number of thioether (sulfide) groups is 1. The van der Waals surface area contributed by atoms with Crippen LogP contribution in [-0.4, -0.2) is 47.8 Å². The van der Waals surface area contributed by atoms with E-state index in [1.54, 1.807) is 31.0 Å². The van der Waals surface area contributed by atoms with Gasteiger partial charge in [0.2, 0.25) is 0 Å². The van der Waals surface area contributed by atoms with Crippen LogP contribution in [0.25, 0.3) is 0 Å². The Balaban J connectivity index is 1.66. The van der Waals surface area contributed by atoms with Crippen molar-refractivity contribution in [3.8, 4) is 0 Å². The lowest BCUT2D eigenvalue weighted by atomic mass is 9.92. The molecule has 1 aromatic carbocycles. The van der Waals surface area contributed by atoms with Gasteiger partial charge in [0.15, 0.2) is 0 Å². The van der Waals surface area contributed by atoms with E-state index in [0.29, 0.717) is 17.7 Å². The van der Waals surface area contributed by atoms with E-state index < -0.39 is 0 Å². The maximum atomic E-state index is 13.4. The number of nitrogens with one attached hydrogen (secondary N) is 1. The first kappa shape index (κ1) is 23.7. The Morgan fingerprint density at radius 2 is 2.16 bits per heavy atom. The molecule has 1 aromatic heterocycles. The second-order valence-corrected chi connectivity index (χ2v) is 9.25. The number of rotatable bonds is 9. The Morgan fingerprint density at radius 3 is 2.90 bits per heavy atom. The molecular formula is C24H32FN3O2S. The normalized spacial score (nSPS) is 18.9. The van der Waals surface area contributed by atoms with Gasteiger partial charge in [-0.25, -0.2) is 9.37 Å². The Labute approximate surface area is 188 Å². The highest BCUT2D eigenvalue weighted by atomic mass is 32.2. The zero-order chi connectivity index (χ0) is 22.2. The van der Waals surface area contributed by atoms with Gasteiger partial charge in [0.05, 0.1) is 17.4 Å². The van der Waals surface area contributed by atoms with Gasteiger partial charge in [-0.2, -0.15) is 0 Å². The number of carbonyl (C=O) groups excluding carboxylic acids is 1. The number of amides is 1. The smallest absolute Gasteiger partial charge is 0.254 e. The van der Waals surface area contributed by atoms with E-state index in [4.69, 9.17) is 9.72 Å². The van der Waals surface area contributed by atoms with Gasteiger partial charge in [0, 0.05) is 26.2 Å². The molecule has 0 radical (unpaired) electrons. The minimum Gasteiger partial charge on any atom is -0.381 e. The molecule has 3 rings (SSSR count). The standard InChI is InChI=1S/C24H32FN3O2S/c1-4-31-24-22(23(29)26-15-17-7-5-8-18(25)13-17)12-11-19(27-24)16-28(2)20-9-6-10-21(14-20)30-3/h5,7-8,11-13,20-21H,4,6,9-10,14-16H2,1-3H3,(H,26,29). The monoisotopic (exact) mass is 445 g/mol. The number of benzene rings is 1. The van der Waals surface area contributed by atoms with Crippen LogP contribution in [0.2, 0.25) is 0 Å². The molecule has 168 valence electrons. The quantitative estimate of drug-likeness (QED) is 0.570. The van der Waals surface area contributed by atoms with Crippen molar-refractivity contribution in [2.24, 2.45) is 0 Å². The molecule has 31 heavy (non-hydrogen) atoms. The average molecular weight is 446 g/mol. The second kappa shape index (κ2) is 11.6. The van der Waals surface area contributed by atoms with E-state index in [-0.39, 0.29) is 18.3 Å². The zero-order valence-electron chi connectivity index (χ0n) is 18.6. The van der Waals surface area contributed by atoms with Crippen molar-refractivity contribution in [3.05, 3.63) is 59.0 Å². The van der Waals surface area contributed by atoms with Crippen molar-refractivity contribution in [2.45, 2.75) is 62.9 Å². The van der Waals surface area contributed by atoms with Gasteiger partial charge < -0.3 is 10.1 Å². The Bertz CT molecular complexity index is 880. The summed E-state index contributed by atoms with van der Waals surface area (Å²) < 4.78 is 18.9. The summed E-state index contributed by atoms with van der Waals surface area (Å²) >= 11 is 1.56. The van der Waals surface area contributed by atoms with Crippen LogP contribution in [-0.2, 0) is 17.8 Å². The largest absolute Gasteiger partial charge is 0.381 e. The molecule has 0 aliphatic heterocycles.